The van der Waals surface area contributed by atoms with Crippen LogP contribution in [0.4, 0.5) is 0 Å². The van der Waals surface area contributed by atoms with E-state index in [1.54, 1.807) is 0 Å². The maximum absolute atomic E-state index is 12.8. The second-order valence-corrected chi connectivity index (χ2v) is 6.56. The molecule has 4 rings (SSSR count). The zero-order valence-corrected chi connectivity index (χ0v) is 13.9. The Kier molecular flexibility index (Phi) is 4.10. The monoisotopic (exact) mass is 326 g/mol. The van der Waals surface area contributed by atoms with E-state index < -0.39 is 0 Å². The van der Waals surface area contributed by atoms with E-state index in [1.165, 1.54) is 0 Å². The molecule has 1 aromatic carbocycles. The summed E-state index contributed by atoms with van der Waals surface area (Å²) in [6, 6.07) is 10.0. The Bertz CT molecular complexity index is 725. The van der Waals surface area contributed by atoms with Gasteiger partial charge in [0.25, 0.3) is 0 Å². The second kappa shape index (κ2) is 6.40. The largest absolute Gasteiger partial charge is 0.441 e. The van der Waals surface area contributed by atoms with Crippen molar-refractivity contribution in [1.82, 2.24) is 9.88 Å². The molecular weight excluding hydrogens is 304 g/mol. The third kappa shape index (κ3) is 2.84. The summed E-state index contributed by atoms with van der Waals surface area (Å²) in [5.41, 5.74) is 1.67. The molecule has 0 spiro atoms. The fourth-order valence-electron chi connectivity index (χ4n) is 3.78. The van der Waals surface area contributed by atoms with Gasteiger partial charge in [-0.15, -0.1) is 0 Å². The van der Waals surface area contributed by atoms with E-state index in [1.807, 2.05) is 42.2 Å². The van der Waals surface area contributed by atoms with Crippen LogP contribution in [0.15, 0.2) is 34.7 Å². The average Bonchev–Trinajstić information content (AvgIpc) is 3.22. The summed E-state index contributed by atoms with van der Waals surface area (Å²) in [6.07, 6.45) is 3.77. The predicted octanol–water partition coefficient (Wildman–Crippen LogP) is 2.97. The molecule has 2 aromatic rings. The van der Waals surface area contributed by atoms with E-state index in [2.05, 4.69) is 4.98 Å². The smallest absolute Gasteiger partial charge is 0.229 e. The normalized spacial score (nSPS) is 23.3. The van der Waals surface area contributed by atoms with E-state index in [0.717, 1.165) is 36.3 Å². The number of oxazole rings is 1. The van der Waals surface area contributed by atoms with Gasteiger partial charge in [-0.1, -0.05) is 18.2 Å². The summed E-state index contributed by atoms with van der Waals surface area (Å²) in [7, 11) is 0. The first-order chi connectivity index (χ1) is 11.7. The number of amides is 1. The SMILES string of the molecule is Cc1oc(-c2ccccc2)nc1CC(=O)N1CCO[C@H]2CCC[C@@H]21. The third-order valence-electron chi connectivity index (χ3n) is 5.03. The summed E-state index contributed by atoms with van der Waals surface area (Å²) in [5, 5.41) is 0. The molecule has 2 aliphatic rings. The van der Waals surface area contributed by atoms with Gasteiger partial charge < -0.3 is 14.1 Å². The number of fused-ring (bicyclic) bond motifs is 1. The topological polar surface area (TPSA) is 55.6 Å². The van der Waals surface area contributed by atoms with Crippen LogP contribution < -0.4 is 0 Å². The highest BCUT2D eigenvalue weighted by atomic mass is 16.5. The molecule has 2 atom stereocenters. The van der Waals surface area contributed by atoms with Crippen molar-refractivity contribution >= 4 is 5.91 Å². The molecule has 2 heterocycles. The van der Waals surface area contributed by atoms with Gasteiger partial charge in [0.05, 0.1) is 30.9 Å². The minimum Gasteiger partial charge on any atom is -0.441 e. The van der Waals surface area contributed by atoms with Crippen LogP contribution in [-0.2, 0) is 16.0 Å². The maximum Gasteiger partial charge on any atom is 0.229 e. The van der Waals surface area contributed by atoms with Crippen molar-refractivity contribution < 1.29 is 13.9 Å². The fraction of sp³-hybridized carbons (Fsp3) is 0.474. The highest BCUT2D eigenvalue weighted by Gasteiger charge is 2.38. The van der Waals surface area contributed by atoms with Crippen molar-refractivity contribution in [3.8, 4) is 11.5 Å². The molecule has 2 fully saturated rings. The molecule has 0 radical (unpaired) electrons. The highest BCUT2D eigenvalue weighted by Crippen LogP contribution is 2.30. The number of morpholine rings is 1. The zero-order valence-electron chi connectivity index (χ0n) is 13.9. The van der Waals surface area contributed by atoms with Crippen LogP contribution in [0.1, 0.15) is 30.7 Å². The number of aromatic nitrogens is 1. The van der Waals surface area contributed by atoms with E-state index >= 15 is 0 Å². The molecule has 1 aromatic heterocycles. The van der Waals surface area contributed by atoms with Gasteiger partial charge in [0.15, 0.2) is 0 Å². The lowest BCUT2D eigenvalue weighted by Gasteiger charge is -2.37. The average molecular weight is 326 g/mol. The van der Waals surface area contributed by atoms with Crippen LogP contribution in [0.5, 0.6) is 0 Å². The lowest BCUT2D eigenvalue weighted by Crippen LogP contribution is -2.51. The minimum atomic E-state index is 0.131. The van der Waals surface area contributed by atoms with Gasteiger partial charge in [-0.2, -0.15) is 0 Å². The lowest BCUT2D eigenvalue weighted by atomic mass is 10.1. The maximum atomic E-state index is 12.8. The number of hydrogen-bond acceptors (Lipinski definition) is 4. The van der Waals surface area contributed by atoms with Crippen LogP contribution >= 0.6 is 0 Å². The summed E-state index contributed by atoms with van der Waals surface area (Å²) in [5.74, 6) is 1.43. The molecule has 5 heteroatoms. The summed E-state index contributed by atoms with van der Waals surface area (Å²) < 4.78 is 11.6. The summed E-state index contributed by atoms with van der Waals surface area (Å²) in [4.78, 5) is 19.3. The van der Waals surface area contributed by atoms with Crippen LogP contribution in [-0.4, -0.2) is 41.1 Å². The fourth-order valence-corrected chi connectivity index (χ4v) is 3.78. The predicted molar refractivity (Wildman–Crippen MR) is 89.5 cm³/mol. The van der Waals surface area contributed by atoms with Gasteiger partial charge in [0.2, 0.25) is 11.8 Å². The number of benzene rings is 1. The van der Waals surface area contributed by atoms with Crippen molar-refractivity contribution in [1.29, 1.82) is 0 Å². The molecule has 1 aliphatic heterocycles. The van der Waals surface area contributed by atoms with E-state index in [-0.39, 0.29) is 18.1 Å². The van der Waals surface area contributed by atoms with Gasteiger partial charge in [0.1, 0.15) is 5.76 Å². The quantitative estimate of drug-likeness (QED) is 0.870. The summed E-state index contributed by atoms with van der Waals surface area (Å²) in [6.45, 7) is 3.20. The third-order valence-corrected chi connectivity index (χ3v) is 5.03. The molecule has 126 valence electrons. The molecule has 1 aliphatic carbocycles. The standard InChI is InChI=1S/C19H22N2O3/c1-13-15(20-19(24-13)14-6-3-2-4-7-14)12-18(22)21-10-11-23-17-9-5-8-16(17)21/h2-4,6-7,16-17H,5,8-12H2,1H3/t16-,17-/m0/s1. The molecule has 1 amide bonds. The Hall–Kier alpha value is -2.14. The minimum absolute atomic E-state index is 0.131. The van der Waals surface area contributed by atoms with Crippen molar-refractivity contribution in [3.63, 3.8) is 0 Å². The molecule has 1 saturated heterocycles. The van der Waals surface area contributed by atoms with Crippen molar-refractivity contribution in [2.45, 2.75) is 44.8 Å². The van der Waals surface area contributed by atoms with Crippen molar-refractivity contribution in [2.75, 3.05) is 13.2 Å². The number of aryl methyl sites for hydroxylation is 1. The van der Waals surface area contributed by atoms with E-state index in [0.29, 0.717) is 25.5 Å². The number of hydrogen-bond donors (Lipinski definition) is 0. The first-order valence-corrected chi connectivity index (χ1v) is 8.65. The second-order valence-electron chi connectivity index (χ2n) is 6.56. The Morgan fingerprint density at radius 1 is 1.29 bits per heavy atom. The molecule has 0 unspecified atom stereocenters. The first kappa shape index (κ1) is 15.4. The molecule has 24 heavy (non-hydrogen) atoms. The van der Waals surface area contributed by atoms with Gasteiger partial charge >= 0.3 is 0 Å². The zero-order chi connectivity index (χ0) is 16.5. The molecular formula is C19H22N2O3. The highest BCUT2D eigenvalue weighted by molar-refractivity contribution is 5.79. The van der Waals surface area contributed by atoms with Crippen molar-refractivity contribution in [2.24, 2.45) is 0 Å². The van der Waals surface area contributed by atoms with Crippen molar-refractivity contribution in [3.05, 3.63) is 41.8 Å². The van der Waals surface area contributed by atoms with Crippen LogP contribution in [0.2, 0.25) is 0 Å². The van der Waals surface area contributed by atoms with Crippen LogP contribution in [0, 0.1) is 6.92 Å². The van der Waals surface area contributed by atoms with Gasteiger partial charge in [-0.25, -0.2) is 4.98 Å². The van der Waals surface area contributed by atoms with Crippen LogP contribution in [0.3, 0.4) is 0 Å². The Labute approximate surface area is 141 Å². The molecule has 0 N–H and O–H groups in total. The first-order valence-electron chi connectivity index (χ1n) is 8.65. The lowest BCUT2D eigenvalue weighted by molar-refractivity contribution is -0.143. The van der Waals surface area contributed by atoms with Gasteiger partial charge in [-0.3, -0.25) is 4.79 Å². The molecule has 0 bridgehead atoms. The Balaban J connectivity index is 1.51. The van der Waals surface area contributed by atoms with Gasteiger partial charge in [-0.05, 0) is 38.3 Å². The summed E-state index contributed by atoms with van der Waals surface area (Å²) >= 11 is 0. The molecule has 1 saturated carbocycles. The van der Waals surface area contributed by atoms with Gasteiger partial charge in [0, 0.05) is 12.1 Å². The number of carbonyl (C=O) groups excluding carboxylic acids is 1. The van der Waals surface area contributed by atoms with E-state index in [4.69, 9.17) is 9.15 Å². The number of ether oxygens (including phenoxy) is 1. The number of rotatable bonds is 3. The van der Waals surface area contributed by atoms with E-state index in [9.17, 15) is 4.79 Å². The molecule has 5 nitrogen and oxygen atoms in total. The number of nitrogens with zero attached hydrogens (tertiary/aromatic N) is 2. The number of carbonyl (C=O) groups is 1. The Morgan fingerprint density at radius 2 is 2.12 bits per heavy atom. The van der Waals surface area contributed by atoms with Crippen LogP contribution in [0.25, 0.3) is 11.5 Å². The Morgan fingerprint density at radius 3 is 2.96 bits per heavy atom.